The van der Waals surface area contributed by atoms with Crippen molar-refractivity contribution in [2.45, 2.75) is 32.6 Å². The van der Waals surface area contributed by atoms with Crippen LogP contribution in [0.1, 0.15) is 25.1 Å². The van der Waals surface area contributed by atoms with E-state index in [-0.39, 0.29) is 24.1 Å². The molecule has 0 saturated heterocycles. The molecule has 1 heterocycles. The molecule has 0 radical (unpaired) electrons. The van der Waals surface area contributed by atoms with Crippen LogP contribution in [-0.4, -0.2) is 21.8 Å². The van der Waals surface area contributed by atoms with Gasteiger partial charge in [0.05, 0.1) is 6.54 Å². The van der Waals surface area contributed by atoms with E-state index in [9.17, 15) is 13.2 Å². The van der Waals surface area contributed by atoms with Crippen LogP contribution in [0.4, 0.5) is 13.2 Å². The average Bonchev–Trinajstić information content (AvgIpc) is 2.55. The van der Waals surface area contributed by atoms with E-state index in [1.807, 2.05) is 13.8 Å². The van der Waals surface area contributed by atoms with Crippen molar-refractivity contribution in [1.82, 2.24) is 15.1 Å². The molecular formula is C10H16F3N5. The molecule has 0 unspecified atom stereocenters. The Labute approximate surface area is 103 Å². The normalized spacial score (nSPS) is 13.2. The van der Waals surface area contributed by atoms with Crippen LogP contribution in [0.3, 0.4) is 0 Å². The van der Waals surface area contributed by atoms with Gasteiger partial charge in [0.2, 0.25) is 0 Å². The second-order valence-corrected chi connectivity index (χ2v) is 4.17. The van der Waals surface area contributed by atoms with E-state index in [4.69, 9.17) is 5.73 Å². The molecule has 0 spiro atoms. The van der Waals surface area contributed by atoms with Gasteiger partial charge in [-0.05, 0) is 13.8 Å². The minimum absolute atomic E-state index is 0.00138. The summed E-state index contributed by atoms with van der Waals surface area (Å²) in [5.74, 6) is 0.113. The maximum atomic E-state index is 12.6. The lowest BCUT2D eigenvalue weighted by Gasteiger charge is -2.08. The van der Waals surface area contributed by atoms with Crippen molar-refractivity contribution in [3.63, 3.8) is 0 Å². The van der Waals surface area contributed by atoms with Gasteiger partial charge in [0.15, 0.2) is 11.7 Å². The smallest absolute Gasteiger partial charge is 0.370 e. The standard InChI is InChI=1S/C10H16F3N5/c1-6(2)16-9(14)15-4-7-5-18(3)17-8(7)10(11,12)13/h5-6H,4H2,1-3H3,(H3,14,15,16). The van der Waals surface area contributed by atoms with Crippen LogP contribution in [0.15, 0.2) is 11.2 Å². The number of aryl methyl sites for hydroxylation is 1. The SMILES string of the molecule is CC(C)NC(N)=NCc1cn(C)nc1C(F)(F)F. The molecule has 0 amide bonds. The number of rotatable bonds is 3. The molecule has 8 heteroatoms. The molecule has 0 fully saturated rings. The predicted octanol–water partition coefficient (Wildman–Crippen LogP) is 1.25. The Hall–Kier alpha value is -1.73. The summed E-state index contributed by atoms with van der Waals surface area (Å²) < 4.78 is 39.0. The van der Waals surface area contributed by atoms with Crippen molar-refractivity contribution >= 4 is 5.96 Å². The van der Waals surface area contributed by atoms with Gasteiger partial charge in [0, 0.05) is 24.8 Å². The molecule has 102 valence electrons. The van der Waals surface area contributed by atoms with Gasteiger partial charge in [-0.3, -0.25) is 4.68 Å². The van der Waals surface area contributed by atoms with E-state index in [0.717, 1.165) is 4.68 Å². The highest BCUT2D eigenvalue weighted by Gasteiger charge is 2.36. The first-order valence-corrected chi connectivity index (χ1v) is 5.36. The van der Waals surface area contributed by atoms with E-state index >= 15 is 0 Å². The molecule has 0 aromatic carbocycles. The van der Waals surface area contributed by atoms with Crippen molar-refractivity contribution in [1.29, 1.82) is 0 Å². The second-order valence-electron chi connectivity index (χ2n) is 4.17. The number of halogens is 3. The summed E-state index contributed by atoms with van der Waals surface area (Å²) >= 11 is 0. The monoisotopic (exact) mass is 263 g/mol. The summed E-state index contributed by atoms with van der Waals surface area (Å²) in [6.07, 6.45) is -3.19. The number of nitrogens with zero attached hydrogens (tertiary/aromatic N) is 3. The van der Waals surface area contributed by atoms with Crippen LogP contribution in [0, 0.1) is 0 Å². The second kappa shape index (κ2) is 5.28. The fraction of sp³-hybridized carbons (Fsp3) is 0.600. The average molecular weight is 263 g/mol. The first-order chi connectivity index (χ1) is 8.20. The van der Waals surface area contributed by atoms with Gasteiger partial charge in [0.25, 0.3) is 0 Å². The van der Waals surface area contributed by atoms with Crippen LogP contribution in [0.2, 0.25) is 0 Å². The van der Waals surface area contributed by atoms with E-state index in [0.29, 0.717) is 0 Å². The largest absolute Gasteiger partial charge is 0.435 e. The third kappa shape index (κ3) is 3.94. The topological polar surface area (TPSA) is 68.2 Å². The van der Waals surface area contributed by atoms with E-state index in [1.165, 1.54) is 13.2 Å². The van der Waals surface area contributed by atoms with Crippen LogP contribution >= 0.6 is 0 Å². The molecule has 0 aliphatic rings. The molecule has 1 aromatic rings. The first-order valence-electron chi connectivity index (χ1n) is 5.36. The highest BCUT2D eigenvalue weighted by Crippen LogP contribution is 2.30. The summed E-state index contributed by atoms with van der Waals surface area (Å²) in [6, 6.07) is 0.0738. The van der Waals surface area contributed by atoms with Gasteiger partial charge in [0.1, 0.15) is 0 Å². The third-order valence-corrected chi connectivity index (χ3v) is 2.03. The molecule has 3 N–H and O–H groups in total. The van der Waals surface area contributed by atoms with E-state index in [2.05, 4.69) is 15.4 Å². The number of aliphatic imine (C=N–C) groups is 1. The molecular weight excluding hydrogens is 247 g/mol. The molecule has 5 nitrogen and oxygen atoms in total. The highest BCUT2D eigenvalue weighted by molar-refractivity contribution is 5.78. The Balaban J connectivity index is 2.85. The van der Waals surface area contributed by atoms with Crippen LogP contribution in [0.5, 0.6) is 0 Å². The summed E-state index contributed by atoms with van der Waals surface area (Å²) in [5.41, 5.74) is 4.59. The van der Waals surface area contributed by atoms with Crippen molar-refractivity contribution < 1.29 is 13.2 Å². The quantitative estimate of drug-likeness (QED) is 0.637. The molecule has 0 aliphatic carbocycles. The summed E-state index contributed by atoms with van der Waals surface area (Å²) in [7, 11) is 1.43. The van der Waals surface area contributed by atoms with Crippen molar-refractivity contribution in [3.8, 4) is 0 Å². The lowest BCUT2D eigenvalue weighted by atomic mass is 10.2. The van der Waals surface area contributed by atoms with Gasteiger partial charge < -0.3 is 11.1 Å². The fourth-order valence-corrected chi connectivity index (χ4v) is 1.40. The van der Waals surface area contributed by atoms with Gasteiger partial charge in [-0.25, -0.2) is 4.99 Å². The number of aromatic nitrogens is 2. The minimum atomic E-state index is -4.48. The zero-order valence-corrected chi connectivity index (χ0v) is 10.4. The Morgan fingerprint density at radius 1 is 1.56 bits per heavy atom. The maximum absolute atomic E-state index is 12.6. The summed E-state index contributed by atoms with van der Waals surface area (Å²) in [4.78, 5) is 3.85. The maximum Gasteiger partial charge on any atom is 0.435 e. The van der Waals surface area contributed by atoms with E-state index in [1.54, 1.807) is 0 Å². The Morgan fingerprint density at radius 3 is 2.67 bits per heavy atom. The fourth-order valence-electron chi connectivity index (χ4n) is 1.40. The van der Waals surface area contributed by atoms with Crippen LogP contribution < -0.4 is 11.1 Å². The molecule has 0 bridgehead atoms. The Morgan fingerprint density at radius 2 is 2.17 bits per heavy atom. The minimum Gasteiger partial charge on any atom is -0.370 e. The number of hydrogen-bond donors (Lipinski definition) is 2. The molecule has 0 atom stereocenters. The number of hydrogen-bond acceptors (Lipinski definition) is 2. The number of alkyl halides is 3. The number of guanidine groups is 1. The van der Waals surface area contributed by atoms with Crippen LogP contribution in [-0.2, 0) is 19.8 Å². The van der Waals surface area contributed by atoms with Crippen molar-refractivity contribution in [2.75, 3.05) is 0 Å². The van der Waals surface area contributed by atoms with Gasteiger partial charge >= 0.3 is 6.18 Å². The molecule has 18 heavy (non-hydrogen) atoms. The molecule has 0 aliphatic heterocycles. The Bertz CT molecular complexity index is 433. The number of nitrogens with two attached hydrogens (primary N) is 1. The third-order valence-electron chi connectivity index (χ3n) is 2.03. The summed E-state index contributed by atoms with van der Waals surface area (Å²) in [5, 5.41) is 6.18. The molecule has 0 saturated carbocycles. The highest BCUT2D eigenvalue weighted by atomic mass is 19.4. The lowest BCUT2D eigenvalue weighted by Crippen LogP contribution is -2.36. The molecule has 1 rings (SSSR count). The van der Waals surface area contributed by atoms with Crippen molar-refractivity contribution in [2.24, 2.45) is 17.8 Å². The summed E-state index contributed by atoms with van der Waals surface area (Å²) in [6.45, 7) is 3.55. The van der Waals surface area contributed by atoms with E-state index < -0.39 is 11.9 Å². The zero-order valence-electron chi connectivity index (χ0n) is 10.4. The Kier molecular flexibility index (Phi) is 4.20. The van der Waals surface area contributed by atoms with Gasteiger partial charge in [-0.2, -0.15) is 18.3 Å². The molecule has 1 aromatic heterocycles. The van der Waals surface area contributed by atoms with Crippen molar-refractivity contribution in [3.05, 3.63) is 17.5 Å². The van der Waals surface area contributed by atoms with Crippen LogP contribution in [0.25, 0.3) is 0 Å². The van der Waals surface area contributed by atoms with Gasteiger partial charge in [-0.1, -0.05) is 0 Å². The predicted molar refractivity (Wildman–Crippen MR) is 61.8 cm³/mol. The lowest BCUT2D eigenvalue weighted by molar-refractivity contribution is -0.142. The zero-order chi connectivity index (χ0) is 13.9. The number of nitrogens with one attached hydrogen (secondary N) is 1. The van der Waals surface area contributed by atoms with Gasteiger partial charge in [-0.15, -0.1) is 0 Å². The first kappa shape index (κ1) is 14.3.